The summed E-state index contributed by atoms with van der Waals surface area (Å²) < 4.78 is 9.87. The van der Waals surface area contributed by atoms with Gasteiger partial charge >= 0.3 is 5.97 Å². The van der Waals surface area contributed by atoms with Gasteiger partial charge in [-0.2, -0.15) is 4.98 Å². The van der Waals surface area contributed by atoms with E-state index in [1.54, 1.807) is 12.3 Å². The highest BCUT2D eigenvalue weighted by Gasteiger charge is 2.05. The van der Waals surface area contributed by atoms with Crippen molar-refractivity contribution in [3.8, 4) is 5.88 Å². The highest BCUT2D eigenvalue weighted by Crippen LogP contribution is 2.15. The van der Waals surface area contributed by atoms with Crippen molar-refractivity contribution in [1.82, 2.24) is 9.97 Å². The van der Waals surface area contributed by atoms with Gasteiger partial charge in [0.05, 0.1) is 19.5 Å². The van der Waals surface area contributed by atoms with Gasteiger partial charge in [0.2, 0.25) is 5.88 Å². The van der Waals surface area contributed by atoms with Gasteiger partial charge in [-0.3, -0.25) is 4.79 Å². The lowest BCUT2D eigenvalue weighted by Crippen LogP contribution is -2.04. The summed E-state index contributed by atoms with van der Waals surface area (Å²) in [6.07, 6.45) is 2.53. The number of carbonyl (C=O) groups excluding carboxylic acids is 1. The van der Waals surface area contributed by atoms with Crippen molar-refractivity contribution in [3.05, 3.63) is 12.3 Å². The molecule has 1 heterocycles. The molecular weight excluding hydrogens is 228 g/mol. The zero-order valence-corrected chi connectivity index (χ0v) is 10.1. The Morgan fingerprint density at radius 3 is 3.06 bits per heavy atom. The summed E-state index contributed by atoms with van der Waals surface area (Å²) in [5.41, 5.74) is 0. The van der Waals surface area contributed by atoms with Gasteiger partial charge in [0, 0.05) is 12.3 Å². The summed E-state index contributed by atoms with van der Waals surface area (Å²) >= 11 is 1.22. The van der Waals surface area contributed by atoms with E-state index in [0.717, 1.165) is 6.42 Å². The van der Waals surface area contributed by atoms with Crippen LogP contribution in [-0.4, -0.2) is 35.4 Å². The molecule has 1 aromatic heterocycles. The smallest absolute Gasteiger partial charge is 0.316 e. The van der Waals surface area contributed by atoms with Gasteiger partial charge in [0.1, 0.15) is 0 Å². The number of esters is 1. The maximum absolute atomic E-state index is 10.9. The van der Waals surface area contributed by atoms with Crippen LogP contribution in [0.5, 0.6) is 5.88 Å². The molecule has 0 aliphatic heterocycles. The third-order valence-electron chi connectivity index (χ3n) is 1.61. The second kappa shape index (κ2) is 7.05. The number of hydrogen-bond donors (Lipinski definition) is 0. The zero-order chi connectivity index (χ0) is 11.8. The van der Waals surface area contributed by atoms with Gasteiger partial charge in [-0.1, -0.05) is 18.7 Å². The monoisotopic (exact) mass is 242 g/mol. The number of methoxy groups -OCH3 is 1. The topological polar surface area (TPSA) is 61.3 Å². The molecule has 0 aliphatic carbocycles. The number of hydrogen-bond acceptors (Lipinski definition) is 6. The maximum atomic E-state index is 10.9. The van der Waals surface area contributed by atoms with Crippen molar-refractivity contribution >= 4 is 17.7 Å². The second-order valence-corrected chi connectivity index (χ2v) is 3.83. The van der Waals surface area contributed by atoms with Crippen LogP contribution in [0.1, 0.15) is 13.3 Å². The molecule has 0 saturated heterocycles. The van der Waals surface area contributed by atoms with E-state index in [4.69, 9.17) is 4.74 Å². The molecule has 0 spiro atoms. The molecule has 1 aromatic rings. The Bertz CT molecular complexity index is 347. The molecule has 0 unspecified atom stereocenters. The van der Waals surface area contributed by atoms with Crippen molar-refractivity contribution in [2.24, 2.45) is 0 Å². The van der Waals surface area contributed by atoms with Gasteiger partial charge in [-0.05, 0) is 6.42 Å². The van der Waals surface area contributed by atoms with Gasteiger partial charge < -0.3 is 9.47 Å². The first kappa shape index (κ1) is 12.8. The van der Waals surface area contributed by atoms with Gasteiger partial charge in [0.25, 0.3) is 0 Å². The molecule has 88 valence electrons. The summed E-state index contributed by atoms with van der Waals surface area (Å²) in [5, 5.41) is 0.513. The molecule has 0 N–H and O–H groups in total. The molecule has 16 heavy (non-hydrogen) atoms. The molecule has 0 radical (unpaired) electrons. The Kier molecular flexibility index (Phi) is 5.63. The largest absolute Gasteiger partial charge is 0.478 e. The Hall–Kier alpha value is -1.30. The molecule has 0 atom stereocenters. The highest BCUT2D eigenvalue weighted by atomic mass is 32.2. The van der Waals surface area contributed by atoms with Crippen molar-refractivity contribution in [2.75, 3.05) is 19.5 Å². The molecule has 0 aromatic carbocycles. The highest BCUT2D eigenvalue weighted by molar-refractivity contribution is 7.99. The van der Waals surface area contributed by atoms with Crippen molar-refractivity contribution in [1.29, 1.82) is 0 Å². The van der Waals surface area contributed by atoms with Gasteiger partial charge in [-0.25, -0.2) is 4.98 Å². The number of nitrogens with zero attached hydrogens (tertiary/aromatic N) is 2. The molecule has 1 rings (SSSR count). The van der Waals surface area contributed by atoms with Crippen LogP contribution in [0.2, 0.25) is 0 Å². The van der Waals surface area contributed by atoms with E-state index in [1.165, 1.54) is 18.9 Å². The van der Waals surface area contributed by atoms with E-state index in [0.29, 0.717) is 17.6 Å². The second-order valence-electron chi connectivity index (χ2n) is 2.89. The number of rotatable bonds is 6. The summed E-state index contributed by atoms with van der Waals surface area (Å²) in [5.74, 6) is 0.436. The minimum absolute atomic E-state index is 0.202. The lowest BCUT2D eigenvalue weighted by Gasteiger charge is -2.04. The Balaban J connectivity index is 2.50. The number of aromatic nitrogens is 2. The van der Waals surface area contributed by atoms with Crippen molar-refractivity contribution in [2.45, 2.75) is 18.5 Å². The lowest BCUT2D eigenvalue weighted by atomic mass is 10.5. The molecular formula is C10H14N2O3S. The van der Waals surface area contributed by atoms with Gasteiger partial charge in [0.15, 0.2) is 5.16 Å². The maximum Gasteiger partial charge on any atom is 0.316 e. The number of thioether (sulfide) groups is 1. The van der Waals surface area contributed by atoms with E-state index in [9.17, 15) is 4.79 Å². The van der Waals surface area contributed by atoms with E-state index < -0.39 is 0 Å². The molecule has 6 heteroatoms. The fraction of sp³-hybridized carbons (Fsp3) is 0.500. The SMILES string of the molecule is CCCOc1ccnc(SCC(=O)OC)n1. The van der Waals surface area contributed by atoms with E-state index >= 15 is 0 Å². The first-order valence-electron chi connectivity index (χ1n) is 4.91. The molecule has 0 fully saturated rings. The molecule has 0 aliphatic rings. The first-order valence-corrected chi connectivity index (χ1v) is 5.90. The van der Waals surface area contributed by atoms with Crippen LogP contribution in [0.25, 0.3) is 0 Å². The average molecular weight is 242 g/mol. The first-order chi connectivity index (χ1) is 7.76. The summed E-state index contributed by atoms with van der Waals surface area (Å²) in [4.78, 5) is 19.1. The molecule has 5 nitrogen and oxygen atoms in total. The predicted octanol–water partition coefficient (Wildman–Crippen LogP) is 1.53. The quantitative estimate of drug-likeness (QED) is 0.428. The summed E-state index contributed by atoms with van der Waals surface area (Å²) in [6.45, 7) is 2.65. The Morgan fingerprint density at radius 2 is 2.38 bits per heavy atom. The van der Waals surface area contributed by atoms with Crippen LogP contribution in [0, 0.1) is 0 Å². The zero-order valence-electron chi connectivity index (χ0n) is 9.30. The number of ether oxygens (including phenoxy) is 2. The van der Waals surface area contributed by atoms with Crippen molar-refractivity contribution < 1.29 is 14.3 Å². The van der Waals surface area contributed by atoms with E-state index in [2.05, 4.69) is 14.7 Å². The summed E-state index contributed by atoms with van der Waals surface area (Å²) in [7, 11) is 1.35. The van der Waals surface area contributed by atoms with Crippen LogP contribution in [0.4, 0.5) is 0 Å². The third-order valence-corrected chi connectivity index (χ3v) is 2.44. The van der Waals surface area contributed by atoms with Gasteiger partial charge in [-0.15, -0.1) is 0 Å². The fourth-order valence-corrected chi connectivity index (χ4v) is 1.52. The van der Waals surface area contributed by atoms with E-state index in [1.807, 2.05) is 6.92 Å². The molecule has 0 saturated carbocycles. The number of carbonyl (C=O) groups is 1. The van der Waals surface area contributed by atoms with Crippen LogP contribution >= 0.6 is 11.8 Å². The minimum Gasteiger partial charge on any atom is -0.478 e. The normalized spacial score (nSPS) is 9.88. The van der Waals surface area contributed by atoms with Crippen molar-refractivity contribution in [3.63, 3.8) is 0 Å². The van der Waals surface area contributed by atoms with Crippen LogP contribution < -0.4 is 4.74 Å². The van der Waals surface area contributed by atoms with Crippen LogP contribution in [-0.2, 0) is 9.53 Å². The Morgan fingerprint density at radius 1 is 1.56 bits per heavy atom. The minimum atomic E-state index is -0.298. The van der Waals surface area contributed by atoms with E-state index in [-0.39, 0.29) is 11.7 Å². The predicted molar refractivity (Wildman–Crippen MR) is 60.6 cm³/mol. The molecule has 0 bridgehead atoms. The Labute approximate surface area is 98.6 Å². The average Bonchev–Trinajstić information content (AvgIpc) is 2.34. The summed E-state index contributed by atoms with van der Waals surface area (Å²) in [6, 6.07) is 1.69. The van der Waals surface area contributed by atoms with Crippen LogP contribution in [0.15, 0.2) is 17.4 Å². The molecule has 0 amide bonds. The standard InChI is InChI=1S/C10H14N2O3S/c1-3-6-15-8-4-5-11-10(12-8)16-7-9(13)14-2/h4-5H,3,6-7H2,1-2H3. The third kappa shape index (κ3) is 4.48. The van der Waals surface area contributed by atoms with Crippen LogP contribution in [0.3, 0.4) is 0 Å². The fourth-order valence-electron chi connectivity index (χ4n) is 0.864. The lowest BCUT2D eigenvalue weighted by molar-refractivity contribution is -0.137.